The normalized spacial score (nSPS) is 14.7. The van der Waals surface area contributed by atoms with Crippen molar-refractivity contribution in [3.63, 3.8) is 0 Å². The Labute approximate surface area is 149 Å². The molecule has 0 amide bonds. The molecule has 3 rings (SSSR count). The molecule has 0 heterocycles. The first-order chi connectivity index (χ1) is 12.0. The van der Waals surface area contributed by atoms with E-state index in [0.29, 0.717) is 0 Å². The van der Waals surface area contributed by atoms with E-state index in [2.05, 4.69) is 44.7 Å². The highest BCUT2D eigenvalue weighted by molar-refractivity contribution is 6.24. The van der Waals surface area contributed by atoms with Crippen molar-refractivity contribution < 1.29 is 4.79 Å². The molecule has 1 aliphatic rings. The maximum atomic E-state index is 12.1. The molecular weight excluding hydrogens is 308 g/mol. The van der Waals surface area contributed by atoms with Crippen molar-refractivity contribution in [3.05, 3.63) is 70.8 Å². The number of rotatable bonds is 4. The van der Waals surface area contributed by atoms with Gasteiger partial charge in [0.25, 0.3) is 0 Å². The average molecular weight is 332 g/mol. The number of benzene rings is 2. The van der Waals surface area contributed by atoms with Gasteiger partial charge >= 0.3 is 0 Å². The molecule has 25 heavy (non-hydrogen) atoms. The summed E-state index contributed by atoms with van der Waals surface area (Å²) in [6, 6.07) is 12.1. The summed E-state index contributed by atoms with van der Waals surface area (Å²) in [5.74, 6) is 0.0416. The third-order valence-electron chi connectivity index (χ3n) is 4.70. The third-order valence-corrected chi connectivity index (χ3v) is 4.70. The molecule has 0 radical (unpaired) electrons. The number of allylic oxidation sites excluding steroid dienone is 2. The van der Waals surface area contributed by atoms with Crippen LogP contribution in [0, 0.1) is 13.8 Å². The fourth-order valence-electron chi connectivity index (χ4n) is 3.35. The molecule has 0 aromatic heterocycles. The van der Waals surface area contributed by atoms with Gasteiger partial charge in [-0.25, -0.2) is 4.99 Å². The highest BCUT2D eigenvalue weighted by atomic mass is 16.1. The van der Waals surface area contributed by atoms with E-state index in [1.165, 1.54) is 5.69 Å². The molecule has 0 unspecified atom stereocenters. The quantitative estimate of drug-likeness (QED) is 0.787. The molecule has 0 saturated carbocycles. The highest BCUT2D eigenvalue weighted by Gasteiger charge is 2.17. The molecule has 0 N–H and O–H groups in total. The van der Waals surface area contributed by atoms with Gasteiger partial charge in [-0.3, -0.25) is 4.79 Å². The Bertz CT molecular complexity index is 850. The molecule has 128 valence electrons. The van der Waals surface area contributed by atoms with E-state index in [1.807, 2.05) is 30.3 Å². The Hall–Kier alpha value is -2.68. The Kier molecular flexibility index (Phi) is 4.84. The number of carbonyl (C=O) groups is 1. The summed E-state index contributed by atoms with van der Waals surface area (Å²) in [5.41, 5.74) is 6.99. The standard InChI is InChI=1S/C22H24N2O/c1-5-24(6-2)17-13-15(3)22(16(4)14-17)23-20-11-12-21(25)19-10-8-7-9-18(19)20/h7-14H,5-6H2,1-4H3/b23-20+. The van der Waals surface area contributed by atoms with Crippen LogP contribution in [-0.4, -0.2) is 24.6 Å². The SMILES string of the molecule is CCN(CC)c1cc(C)c(/N=C2\C=CC(=O)c3ccccc32)c(C)c1. The summed E-state index contributed by atoms with van der Waals surface area (Å²) in [4.78, 5) is 19.3. The summed E-state index contributed by atoms with van der Waals surface area (Å²) in [6.45, 7) is 10.5. The number of anilines is 1. The van der Waals surface area contributed by atoms with E-state index in [-0.39, 0.29) is 5.78 Å². The number of hydrogen-bond donors (Lipinski definition) is 0. The molecule has 0 bridgehead atoms. The van der Waals surface area contributed by atoms with Crippen molar-refractivity contribution in [2.24, 2.45) is 4.99 Å². The summed E-state index contributed by atoms with van der Waals surface area (Å²) < 4.78 is 0. The number of hydrogen-bond acceptors (Lipinski definition) is 3. The van der Waals surface area contributed by atoms with Gasteiger partial charge in [-0.2, -0.15) is 0 Å². The molecule has 0 atom stereocenters. The minimum absolute atomic E-state index is 0.0416. The Balaban J connectivity index is 2.08. The summed E-state index contributed by atoms with van der Waals surface area (Å²) in [5, 5.41) is 0. The van der Waals surface area contributed by atoms with E-state index in [9.17, 15) is 4.79 Å². The van der Waals surface area contributed by atoms with E-state index < -0.39 is 0 Å². The first kappa shape index (κ1) is 17.2. The molecule has 0 aliphatic heterocycles. The second-order valence-electron chi connectivity index (χ2n) is 6.34. The van der Waals surface area contributed by atoms with Crippen molar-refractivity contribution >= 4 is 22.9 Å². The van der Waals surface area contributed by atoms with Crippen molar-refractivity contribution in [2.45, 2.75) is 27.7 Å². The van der Waals surface area contributed by atoms with Crippen LogP contribution >= 0.6 is 0 Å². The number of aliphatic imine (C=N–C) groups is 1. The average Bonchev–Trinajstić information content (AvgIpc) is 2.61. The fraction of sp³-hybridized carbons (Fsp3) is 0.273. The van der Waals surface area contributed by atoms with Crippen LogP contribution in [0.1, 0.15) is 40.9 Å². The molecular formula is C22H24N2O. The molecule has 0 saturated heterocycles. The number of carbonyl (C=O) groups excluding carboxylic acids is 1. The lowest BCUT2D eigenvalue weighted by molar-refractivity contribution is 0.104. The predicted octanol–water partition coefficient (Wildman–Crippen LogP) is 5.02. The van der Waals surface area contributed by atoms with Gasteiger partial charge in [0.15, 0.2) is 5.78 Å². The highest BCUT2D eigenvalue weighted by Crippen LogP contribution is 2.31. The first-order valence-corrected chi connectivity index (χ1v) is 8.81. The van der Waals surface area contributed by atoms with Crippen molar-refractivity contribution in [1.82, 2.24) is 0 Å². The molecule has 3 nitrogen and oxygen atoms in total. The number of nitrogens with zero attached hydrogens (tertiary/aromatic N) is 2. The van der Waals surface area contributed by atoms with Gasteiger partial charge < -0.3 is 4.90 Å². The smallest absolute Gasteiger partial charge is 0.186 e. The Morgan fingerprint density at radius 1 is 0.920 bits per heavy atom. The monoisotopic (exact) mass is 332 g/mol. The van der Waals surface area contributed by atoms with Gasteiger partial charge in [-0.1, -0.05) is 24.3 Å². The summed E-state index contributed by atoms with van der Waals surface area (Å²) in [6.07, 6.45) is 3.43. The molecule has 2 aromatic carbocycles. The zero-order valence-electron chi connectivity index (χ0n) is 15.3. The van der Waals surface area contributed by atoms with Crippen LogP contribution in [0.5, 0.6) is 0 Å². The predicted molar refractivity (Wildman–Crippen MR) is 106 cm³/mol. The van der Waals surface area contributed by atoms with E-state index in [0.717, 1.165) is 46.7 Å². The lowest BCUT2D eigenvalue weighted by Crippen LogP contribution is -2.21. The topological polar surface area (TPSA) is 32.7 Å². The van der Waals surface area contributed by atoms with Gasteiger partial charge in [0.2, 0.25) is 0 Å². The van der Waals surface area contributed by atoms with Crippen LogP contribution in [0.25, 0.3) is 0 Å². The Morgan fingerprint density at radius 3 is 2.12 bits per heavy atom. The largest absolute Gasteiger partial charge is 0.372 e. The minimum atomic E-state index is 0.0416. The fourth-order valence-corrected chi connectivity index (χ4v) is 3.35. The van der Waals surface area contributed by atoms with Crippen LogP contribution in [0.15, 0.2) is 53.5 Å². The van der Waals surface area contributed by atoms with Crippen molar-refractivity contribution in [2.75, 3.05) is 18.0 Å². The second-order valence-corrected chi connectivity index (χ2v) is 6.34. The number of fused-ring (bicyclic) bond motifs is 1. The van der Waals surface area contributed by atoms with Crippen molar-refractivity contribution in [3.8, 4) is 0 Å². The number of aryl methyl sites for hydroxylation is 2. The third kappa shape index (κ3) is 3.27. The lowest BCUT2D eigenvalue weighted by atomic mass is 9.94. The van der Waals surface area contributed by atoms with E-state index >= 15 is 0 Å². The maximum absolute atomic E-state index is 12.1. The zero-order chi connectivity index (χ0) is 18.0. The minimum Gasteiger partial charge on any atom is -0.372 e. The first-order valence-electron chi connectivity index (χ1n) is 8.81. The maximum Gasteiger partial charge on any atom is 0.186 e. The molecule has 1 aliphatic carbocycles. The molecule has 0 spiro atoms. The number of ketones is 1. The van der Waals surface area contributed by atoms with Gasteiger partial charge in [0.05, 0.1) is 11.4 Å². The van der Waals surface area contributed by atoms with Gasteiger partial charge in [-0.05, 0) is 63.1 Å². The molecule has 2 aromatic rings. The van der Waals surface area contributed by atoms with Crippen LogP contribution in [0.2, 0.25) is 0 Å². The Morgan fingerprint density at radius 2 is 1.52 bits per heavy atom. The van der Waals surface area contributed by atoms with Crippen molar-refractivity contribution in [1.29, 1.82) is 0 Å². The van der Waals surface area contributed by atoms with Crippen LogP contribution in [0.3, 0.4) is 0 Å². The van der Waals surface area contributed by atoms with Crippen LogP contribution in [-0.2, 0) is 0 Å². The summed E-state index contributed by atoms with van der Waals surface area (Å²) in [7, 11) is 0. The molecule has 3 heteroatoms. The van der Waals surface area contributed by atoms with Gasteiger partial charge in [0, 0.05) is 29.9 Å². The van der Waals surface area contributed by atoms with Crippen LogP contribution < -0.4 is 4.90 Å². The molecule has 0 fully saturated rings. The zero-order valence-corrected chi connectivity index (χ0v) is 15.3. The van der Waals surface area contributed by atoms with E-state index in [1.54, 1.807) is 6.08 Å². The van der Waals surface area contributed by atoms with E-state index in [4.69, 9.17) is 4.99 Å². The van der Waals surface area contributed by atoms with Gasteiger partial charge in [0.1, 0.15) is 0 Å². The second kappa shape index (κ2) is 7.06. The lowest BCUT2D eigenvalue weighted by Gasteiger charge is -2.23. The van der Waals surface area contributed by atoms with Gasteiger partial charge in [-0.15, -0.1) is 0 Å². The van der Waals surface area contributed by atoms with Crippen LogP contribution in [0.4, 0.5) is 11.4 Å². The summed E-state index contributed by atoms with van der Waals surface area (Å²) >= 11 is 0.